The van der Waals surface area contributed by atoms with E-state index in [1.54, 1.807) is 18.9 Å². The maximum atomic E-state index is 14.0. The van der Waals surface area contributed by atoms with Gasteiger partial charge in [-0.05, 0) is 69.7 Å². The van der Waals surface area contributed by atoms with Crippen molar-refractivity contribution in [2.75, 3.05) is 26.7 Å². The molecule has 3 aromatic rings. The van der Waals surface area contributed by atoms with Crippen LogP contribution in [0.25, 0.3) is 10.9 Å². The Morgan fingerprint density at radius 1 is 1.02 bits per heavy atom. The fourth-order valence-electron chi connectivity index (χ4n) is 6.22. The number of carbonyl (C=O) groups is 4. The number of ether oxygens (including phenoxy) is 1. The van der Waals surface area contributed by atoms with Gasteiger partial charge in [-0.3, -0.25) is 14.4 Å². The third-order valence-corrected chi connectivity index (χ3v) is 8.75. The highest BCUT2D eigenvalue weighted by atomic mass is 16.6. The van der Waals surface area contributed by atoms with Gasteiger partial charge in [0, 0.05) is 43.2 Å². The Hall–Kier alpha value is -4.46. The number of fused-ring (bicyclic) bond motifs is 1. The zero-order valence-corrected chi connectivity index (χ0v) is 27.7. The van der Waals surface area contributed by atoms with E-state index in [1.807, 2.05) is 60.8 Å². The lowest BCUT2D eigenvalue weighted by Crippen LogP contribution is -2.60. The van der Waals surface area contributed by atoms with E-state index in [1.165, 1.54) is 0 Å². The quantitative estimate of drug-likeness (QED) is 0.0845. The number of hydrogen-bond donors (Lipinski definition) is 7. The molecule has 13 heteroatoms. The second kappa shape index (κ2) is 18.2. The summed E-state index contributed by atoms with van der Waals surface area (Å²) in [5, 5.41) is 23.1. The van der Waals surface area contributed by atoms with Crippen LogP contribution in [0.4, 0.5) is 4.79 Å². The van der Waals surface area contributed by atoms with Gasteiger partial charge in [0.05, 0.1) is 12.1 Å². The van der Waals surface area contributed by atoms with E-state index in [2.05, 4.69) is 26.3 Å². The molecule has 0 aliphatic carbocycles. The minimum Gasteiger partial charge on any atom is -0.366 e. The number of para-hydroxylation sites is 1. The van der Waals surface area contributed by atoms with Crippen molar-refractivity contribution in [3.8, 4) is 0 Å². The van der Waals surface area contributed by atoms with Gasteiger partial charge in [0.25, 0.3) is 0 Å². The molecule has 5 amide bonds. The number of hydrogen-bond acceptors (Lipinski definition) is 7. The Labute approximate surface area is 281 Å². The summed E-state index contributed by atoms with van der Waals surface area (Å²) in [5.41, 5.74) is 7.90. The predicted molar refractivity (Wildman–Crippen MR) is 183 cm³/mol. The van der Waals surface area contributed by atoms with Crippen LogP contribution in [0.2, 0.25) is 0 Å². The zero-order valence-electron chi connectivity index (χ0n) is 27.7. The Bertz CT molecular complexity index is 1500. The van der Waals surface area contributed by atoms with Crippen LogP contribution in [0.3, 0.4) is 0 Å². The van der Waals surface area contributed by atoms with Gasteiger partial charge in [0.2, 0.25) is 17.7 Å². The molecule has 0 spiro atoms. The first-order valence-corrected chi connectivity index (χ1v) is 16.7. The smallest absolute Gasteiger partial charge is 0.312 e. The summed E-state index contributed by atoms with van der Waals surface area (Å²) < 4.78 is 5.40. The number of aliphatic hydroxyl groups excluding tert-OH is 1. The third kappa shape index (κ3) is 10.0. The monoisotopic (exact) mass is 663 g/mol. The second-order valence-corrected chi connectivity index (χ2v) is 12.1. The first-order valence-electron chi connectivity index (χ1n) is 16.7. The Morgan fingerprint density at radius 2 is 1.77 bits per heavy atom. The van der Waals surface area contributed by atoms with Crippen molar-refractivity contribution < 1.29 is 29.0 Å². The van der Waals surface area contributed by atoms with Gasteiger partial charge in [-0.25, -0.2) is 4.79 Å². The highest BCUT2D eigenvalue weighted by Crippen LogP contribution is 2.22. The maximum Gasteiger partial charge on any atom is 0.312 e. The Morgan fingerprint density at radius 3 is 2.50 bits per heavy atom. The molecule has 0 saturated carbocycles. The summed E-state index contributed by atoms with van der Waals surface area (Å²) >= 11 is 0. The Kier molecular flexibility index (Phi) is 13.8. The number of piperidine rings is 1. The molecule has 1 saturated heterocycles. The molecule has 1 fully saturated rings. The average molecular weight is 664 g/mol. The molecule has 1 aromatic heterocycles. The van der Waals surface area contributed by atoms with Gasteiger partial charge >= 0.3 is 6.03 Å². The normalized spacial score (nSPS) is 17.2. The van der Waals surface area contributed by atoms with Crippen LogP contribution in [0, 0.1) is 0 Å². The molecule has 1 aliphatic heterocycles. The zero-order chi connectivity index (χ0) is 34.5. The molecular formula is C35H49N7O6. The average Bonchev–Trinajstić information content (AvgIpc) is 3.50. The lowest BCUT2D eigenvalue weighted by atomic mass is 9.97. The number of aromatic amines is 1. The lowest BCUT2D eigenvalue weighted by molar-refractivity contribution is -0.145. The number of rotatable bonds is 17. The number of carbonyl (C=O) groups excluding carboxylic acids is 4. The van der Waals surface area contributed by atoms with Crippen LogP contribution < -0.4 is 27.0 Å². The molecule has 2 aromatic carbocycles. The number of primary amides is 1. The van der Waals surface area contributed by atoms with Crippen molar-refractivity contribution in [1.82, 2.24) is 31.2 Å². The molecule has 2 unspecified atom stereocenters. The van der Waals surface area contributed by atoms with Crippen molar-refractivity contribution in [3.63, 3.8) is 0 Å². The molecule has 5 atom stereocenters. The molecular weight excluding hydrogens is 614 g/mol. The highest BCUT2D eigenvalue weighted by molar-refractivity contribution is 5.94. The van der Waals surface area contributed by atoms with Gasteiger partial charge in [-0.2, -0.15) is 0 Å². The Balaban J connectivity index is 1.55. The number of likely N-dealkylation sites (tertiary alicyclic amines) is 1. The summed E-state index contributed by atoms with van der Waals surface area (Å²) in [7, 11) is 1.74. The summed E-state index contributed by atoms with van der Waals surface area (Å²) in [6.07, 6.45) is 3.85. The van der Waals surface area contributed by atoms with E-state index in [0.29, 0.717) is 25.8 Å². The molecule has 1 aliphatic rings. The summed E-state index contributed by atoms with van der Waals surface area (Å²) in [4.78, 5) is 57.8. The fourth-order valence-corrected chi connectivity index (χ4v) is 6.22. The number of benzene rings is 2. The molecule has 0 bridgehead atoms. The molecule has 13 nitrogen and oxygen atoms in total. The van der Waals surface area contributed by atoms with Crippen LogP contribution >= 0.6 is 0 Å². The first kappa shape index (κ1) is 36.4. The number of urea groups is 1. The lowest BCUT2D eigenvalue weighted by Gasteiger charge is -2.37. The number of nitrogens with one attached hydrogen (secondary N) is 5. The van der Waals surface area contributed by atoms with Crippen LogP contribution in [-0.4, -0.2) is 95.9 Å². The van der Waals surface area contributed by atoms with E-state index in [4.69, 9.17) is 10.5 Å². The maximum absolute atomic E-state index is 14.0. The van der Waals surface area contributed by atoms with Crippen LogP contribution in [0.5, 0.6) is 0 Å². The van der Waals surface area contributed by atoms with Gasteiger partial charge in [-0.15, -0.1) is 0 Å². The highest BCUT2D eigenvalue weighted by Gasteiger charge is 2.37. The van der Waals surface area contributed by atoms with E-state index in [9.17, 15) is 24.3 Å². The molecule has 8 N–H and O–H groups in total. The van der Waals surface area contributed by atoms with E-state index < -0.39 is 48.3 Å². The van der Waals surface area contributed by atoms with Gasteiger partial charge in [0.1, 0.15) is 12.1 Å². The molecule has 48 heavy (non-hydrogen) atoms. The fraction of sp³-hybridized carbons (Fsp3) is 0.486. The van der Waals surface area contributed by atoms with Crippen LogP contribution in [0.1, 0.15) is 50.2 Å². The van der Waals surface area contributed by atoms with Gasteiger partial charge in [0.15, 0.2) is 6.29 Å². The summed E-state index contributed by atoms with van der Waals surface area (Å²) in [6, 6.07) is 13.6. The van der Waals surface area contributed by atoms with Gasteiger partial charge in [-0.1, -0.05) is 48.5 Å². The molecule has 260 valence electrons. The molecule has 4 rings (SSSR count). The number of aliphatic hydroxyl groups is 1. The van der Waals surface area contributed by atoms with E-state index in [0.717, 1.165) is 34.9 Å². The van der Waals surface area contributed by atoms with E-state index in [-0.39, 0.29) is 31.9 Å². The number of amides is 5. The van der Waals surface area contributed by atoms with Crippen LogP contribution in [0.15, 0.2) is 60.8 Å². The third-order valence-electron chi connectivity index (χ3n) is 8.75. The number of nitrogens with zero attached hydrogens (tertiary/aromatic N) is 1. The summed E-state index contributed by atoms with van der Waals surface area (Å²) in [5.74, 6) is -1.08. The van der Waals surface area contributed by atoms with Crippen molar-refractivity contribution in [2.24, 2.45) is 5.73 Å². The number of likely N-dealkylation sites (N-methyl/N-ethyl adjacent to an activating group) is 1. The van der Waals surface area contributed by atoms with Crippen molar-refractivity contribution in [1.29, 1.82) is 0 Å². The first-order chi connectivity index (χ1) is 23.2. The predicted octanol–water partition coefficient (Wildman–Crippen LogP) is 1.70. The summed E-state index contributed by atoms with van der Waals surface area (Å²) in [6.45, 7) is 2.63. The van der Waals surface area contributed by atoms with Crippen LogP contribution in [-0.2, 0) is 32.0 Å². The number of aromatic nitrogens is 1. The standard InChI is InChI=1S/C35H49N7O6/c1-3-48-34(46)27(16-11-18-38-35(36)47)40-31(43)28(21-24-22-39-26-15-8-7-14-25(24)26)41-32(44)30-17-9-10-19-42(30)33(45)29(37-2)20-23-12-5-4-6-13-23/h4-8,12-15,22,27-30,34,37,39,46H,3,9-11,16-21H2,1-2H3,(H,40,43)(H,41,44)(H3,36,38,47)/t27-,28-,29-,30?,34?/m0/s1. The minimum absolute atomic E-state index is 0.163. The SMILES string of the molecule is CCOC(O)[C@H](CCCNC(N)=O)NC(=O)[C@H](Cc1c[nH]c2ccccc12)NC(=O)C1CCCCN1C(=O)[C@H](Cc1ccccc1)NC. The number of H-pyrrole nitrogens is 1. The topological polar surface area (TPSA) is 191 Å². The number of nitrogens with two attached hydrogens (primary N) is 1. The largest absolute Gasteiger partial charge is 0.366 e. The van der Waals surface area contributed by atoms with Gasteiger partial charge < -0.3 is 46.7 Å². The minimum atomic E-state index is -1.31. The second-order valence-electron chi connectivity index (χ2n) is 12.1. The molecule has 0 radical (unpaired) electrons. The van der Waals surface area contributed by atoms with Crippen molar-refractivity contribution in [3.05, 3.63) is 71.9 Å². The van der Waals surface area contributed by atoms with Crippen molar-refractivity contribution >= 4 is 34.7 Å². The van der Waals surface area contributed by atoms with E-state index >= 15 is 0 Å². The molecule has 2 heterocycles. The van der Waals surface area contributed by atoms with Crippen molar-refractivity contribution in [2.45, 2.75) is 82.3 Å².